The lowest BCUT2D eigenvalue weighted by atomic mass is 10.2. The van der Waals surface area contributed by atoms with E-state index in [-0.39, 0.29) is 5.91 Å². The molecule has 3 heteroatoms. The lowest BCUT2D eigenvalue weighted by Crippen LogP contribution is -2.40. The number of nitrogens with zero attached hydrogens (tertiary/aromatic N) is 2. The van der Waals surface area contributed by atoms with E-state index < -0.39 is 0 Å². The number of carbonyl (C=O) groups excluding carboxylic acids is 1. The Hall–Kier alpha value is -0.570. The van der Waals surface area contributed by atoms with Gasteiger partial charge in [0, 0.05) is 19.0 Å². The van der Waals surface area contributed by atoms with Crippen LogP contribution in [0.4, 0.5) is 0 Å². The largest absolute Gasteiger partial charge is 0.337 e. The Labute approximate surface area is 87.1 Å². The van der Waals surface area contributed by atoms with E-state index in [1.165, 1.54) is 12.8 Å². The molecule has 0 aromatic rings. The Kier molecular flexibility index (Phi) is 3.93. The van der Waals surface area contributed by atoms with E-state index in [2.05, 4.69) is 30.8 Å². The molecular weight excluding hydrogens is 176 g/mol. The van der Waals surface area contributed by atoms with Gasteiger partial charge in [-0.25, -0.2) is 0 Å². The first-order chi connectivity index (χ1) is 6.52. The topological polar surface area (TPSA) is 23.6 Å². The van der Waals surface area contributed by atoms with E-state index in [0.29, 0.717) is 12.1 Å². The molecule has 82 valence electrons. The second kappa shape index (κ2) is 4.78. The molecule has 1 saturated carbocycles. The molecule has 1 fully saturated rings. The van der Waals surface area contributed by atoms with Crippen molar-refractivity contribution in [3.63, 3.8) is 0 Å². The van der Waals surface area contributed by atoms with E-state index in [4.69, 9.17) is 0 Å². The van der Waals surface area contributed by atoms with Crippen LogP contribution >= 0.6 is 0 Å². The van der Waals surface area contributed by atoms with Gasteiger partial charge in [-0.1, -0.05) is 0 Å². The van der Waals surface area contributed by atoms with Crippen molar-refractivity contribution >= 4 is 5.91 Å². The molecule has 0 aromatic heterocycles. The lowest BCUT2D eigenvalue weighted by molar-refractivity contribution is -0.131. The molecule has 0 saturated heterocycles. The summed E-state index contributed by atoms with van der Waals surface area (Å²) in [5.41, 5.74) is 0. The molecule has 1 amide bonds. The maximum Gasteiger partial charge on any atom is 0.219 e. The summed E-state index contributed by atoms with van der Waals surface area (Å²) < 4.78 is 0. The summed E-state index contributed by atoms with van der Waals surface area (Å²) in [7, 11) is 4.14. The minimum atomic E-state index is 0.235. The van der Waals surface area contributed by atoms with Crippen LogP contribution in [0.3, 0.4) is 0 Å². The van der Waals surface area contributed by atoms with Crippen molar-refractivity contribution in [1.29, 1.82) is 0 Å². The maximum atomic E-state index is 11.4. The second-order valence-corrected chi connectivity index (χ2v) is 4.60. The van der Waals surface area contributed by atoms with Crippen LogP contribution in [0, 0.1) is 0 Å². The van der Waals surface area contributed by atoms with Gasteiger partial charge in [-0.05, 0) is 46.8 Å². The number of hydrogen-bond acceptors (Lipinski definition) is 2. The first-order valence-electron chi connectivity index (χ1n) is 5.46. The monoisotopic (exact) mass is 198 g/mol. The van der Waals surface area contributed by atoms with Crippen LogP contribution in [-0.4, -0.2) is 48.4 Å². The number of hydrogen-bond donors (Lipinski definition) is 0. The van der Waals surface area contributed by atoms with Crippen LogP contribution in [0.15, 0.2) is 0 Å². The molecule has 0 radical (unpaired) electrons. The molecular formula is C11H22N2O. The Balaban J connectivity index is 2.38. The van der Waals surface area contributed by atoms with Crippen LogP contribution in [0.25, 0.3) is 0 Å². The highest BCUT2D eigenvalue weighted by molar-refractivity contribution is 5.74. The number of carbonyl (C=O) groups is 1. The average molecular weight is 198 g/mol. The zero-order chi connectivity index (χ0) is 10.7. The fourth-order valence-corrected chi connectivity index (χ4v) is 1.86. The van der Waals surface area contributed by atoms with Gasteiger partial charge < -0.3 is 9.80 Å². The van der Waals surface area contributed by atoms with Crippen molar-refractivity contribution in [1.82, 2.24) is 9.80 Å². The smallest absolute Gasteiger partial charge is 0.219 e. The average Bonchev–Trinajstić information content (AvgIpc) is 2.84. The fraction of sp³-hybridized carbons (Fsp3) is 0.909. The van der Waals surface area contributed by atoms with Gasteiger partial charge in [-0.15, -0.1) is 0 Å². The van der Waals surface area contributed by atoms with Crippen molar-refractivity contribution in [2.45, 2.75) is 45.2 Å². The molecule has 1 atom stereocenters. The summed E-state index contributed by atoms with van der Waals surface area (Å²) in [6.07, 6.45) is 3.47. The molecule has 1 unspecified atom stereocenters. The van der Waals surface area contributed by atoms with Crippen LogP contribution < -0.4 is 0 Å². The van der Waals surface area contributed by atoms with Gasteiger partial charge in [0.2, 0.25) is 5.91 Å². The summed E-state index contributed by atoms with van der Waals surface area (Å²) in [5.74, 6) is 0.235. The molecule has 0 spiro atoms. The van der Waals surface area contributed by atoms with Gasteiger partial charge >= 0.3 is 0 Å². The van der Waals surface area contributed by atoms with E-state index in [9.17, 15) is 4.79 Å². The first-order valence-corrected chi connectivity index (χ1v) is 5.46. The van der Waals surface area contributed by atoms with E-state index in [1.54, 1.807) is 6.92 Å². The molecule has 0 aromatic carbocycles. The third kappa shape index (κ3) is 3.29. The van der Waals surface area contributed by atoms with E-state index in [0.717, 1.165) is 13.0 Å². The second-order valence-electron chi connectivity index (χ2n) is 4.60. The summed E-state index contributed by atoms with van der Waals surface area (Å²) in [4.78, 5) is 15.7. The molecule has 0 N–H and O–H groups in total. The molecule has 1 rings (SSSR count). The van der Waals surface area contributed by atoms with Gasteiger partial charge in [0.05, 0.1) is 0 Å². The van der Waals surface area contributed by atoms with Gasteiger partial charge in [-0.2, -0.15) is 0 Å². The number of amides is 1. The predicted molar refractivity (Wildman–Crippen MR) is 58.2 cm³/mol. The molecule has 1 aliphatic rings. The summed E-state index contributed by atoms with van der Waals surface area (Å²) >= 11 is 0. The van der Waals surface area contributed by atoms with E-state index in [1.807, 2.05) is 0 Å². The highest BCUT2D eigenvalue weighted by Gasteiger charge is 2.33. The SMILES string of the molecule is CC(=O)N(C(C)CCN(C)C)C1CC1. The zero-order valence-corrected chi connectivity index (χ0v) is 9.79. The molecule has 14 heavy (non-hydrogen) atoms. The van der Waals surface area contributed by atoms with Crippen molar-refractivity contribution in [2.75, 3.05) is 20.6 Å². The molecule has 0 aliphatic heterocycles. The minimum Gasteiger partial charge on any atom is -0.337 e. The van der Waals surface area contributed by atoms with Gasteiger partial charge in [0.1, 0.15) is 0 Å². The fourth-order valence-electron chi connectivity index (χ4n) is 1.86. The quantitative estimate of drug-likeness (QED) is 0.665. The van der Waals surface area contributed by atoms with Crippen LogP contribution in [0.5, 0.6) is 0 Å². The van der Waals surface area contributed by atoms with Crippen LogP contribution in [0.1, 0.15) is 33.1 Å². The standard InChI is InChI=1S/C11H22N2O/c1-9(7-8-12(3)4)13(10(2)14)11-5-6-11/h9,11H,5-8H2,1-4H3. The van der Waals surface area contributed by atoms with Gasteiger partial charge in [0.15, 0.2) is 0 Å². The molecule has 3 nitrogen and oxygen atoms in total. The molecule has 0 heterocycles. The first kappa shape index (κ1) is 11.5. The maximum absolute atomic E-state index is 11.4. The Bertz CT molecular complexity index is 199. The third-order valence-electron chi connectivity index (χ3n) is 2.77. The molecule has 0 bridgehead atoms. The van der Waals surface area contributed by atoms with Gasteiger partial charge in [-0.3, -0.25) is 4.79 Å². The third-order valence-corrected chi connectivity index (χ3v) is 2.77. The summed E-state index contributed by atoms with van der Waals surface area (Å²) in [5, 5.41) is 0. The van der Waals surface area contributed by atoms with Crippen molar-refractivity contribution in [3.05, 3.63) is 0 Å². The van der Waals surface area contributed by atoms with Crippen LogP contribution in [0.2, 0.25) is 0 Å². The van der Waals surface area contributed by atoms with Crippen molar-refractivity contribution in [2.24, 2.45) is 0 Å². The normalized spacial score (nSPS) is 18.4. The van der Waals surface area contributed by atoms with Crippen molar-refractivity contribution in [3.8, 4) is 0 Å². The Morgan fingerprint density at radius 2 is 2.00 bits per heavy atom. The predicted octanol–water partition coefficient (Wildman–Crippen LogP) is 1.34. The van der Waals surface area contributed by atoms with Gasteiger partial charge in [0.25, 0.3) is 0 Å². The van der Waals surface area contributed by atoms with Crippen LogP contribution in [-0.2, 0) is 4.79 Å². The Morgan fingerprint density at radius 3 is 2.36 bits per heavy atom. The highest BCUT2D eigenvalue weighted by Crippen LogP contribution is 2.29. The minimum absolute atomic E-state index is 0.235. The lowest BCUT2D eigenvalue weighted by Gasteiger charge is -2.29. The summed E-state index contributed by atoms with van der Waals surface area (Å²) in [6, 6.07) is 0.937. The van der Waals surface area contributed by atoms with E-state index >= 15 is 0 Å². The number of rotatable bonds is 5. The zero-order valence-electron chi connectivity index (χ0n) is 9.79. The highest BCUT2D eigenvalue weighted by atomic mass is 16.2. The molecule has 1 aliphatic carbocycles. The summed E-state index contributed by atoms with van der Waals surface area (Å²) in [6.45, 7) is 4.89. The van der Waals surface area contributed by atoms with Crippen molar-refractivity contribution < 1.29 is 4.79 Å². The Morgan fingerprint density at radius 1 is 1.43 bits per heavy atom.